The van der Waals surface area contributed by atoms with Crippen LogP contribution in [0.2, 0.25) is 0 Å². The van der Waals surface area contributed by atoms with Gasteiger partial charge in [0, 0.05) is 31.6 Å². The summed E-state index contributed by atoms with van der Waals surface area (Å²) in [7, 11) is 1.90. The highest BCUT2D eigenvalue weighted by Crippen LogP contribution is 2.67. The molecule has 3 aromatic carbocycles. The lowest BCUT2D eigenvalue weighted by atomic mass is 9.45. The molecule has 220 valence electrons. The molecule has 1 saturated carbocycles. The van der Waals surface area contributed by atoms with Crippen LogP contribution in [0.1, 0.15) is 54.0 Å². The first kappa shape index (κ1) is 27.5. The number of nitrogens with zero attached hydrogens (tertiary/aromatic N) is 2. The number of benzene rings is 3. The summed E-state index contributed by atoms with van der Waals surface area (Å²) in [6, 6.07) is 22.4. The van der Waals surface area contributed by atoms with Crippen molar-refractivity contribution in [3.05, 3.63) is 94.5 Å². The smallest absolute Gasteiger partial charge is 0.223 e. The Morgan fingerprint density at radius 2 is 1.86 bits per heavy atom. The van der Waals surface area contributed by atoms with Crippen molar-refractivity contribution in [3.8, 4) is 11.5 Å². The van der Waals surface area contributed by atoms with Crippen molar-refractivity contribution in [1.29, 1.82) is 0 Å². The van der Waals surface area contributed by atoms with Crippen molar-refractivity contribution >= 4 is 5.91 Å². The molecule has 42 heavy (non-hydrogen) atoms. The second-order valence-corrected chi connectivity index (χ2v) is 13.2. The minimum Gasteiger partial charge on any atom is -0.504 e. The maximum absolute atomic E-state index is 13.7. The highest BCUT2D eigenvalue weighted by atomic mass is 16.5. The predicted molar refractivity (Wildman–Crippen MR) is 163 cm³/mol. The molecule has 6 atom stereocenters. The predicted octanol–water partition coefficient (Wildman–Crippen LogP) is 4.80. The standard InChI is InChI=1S/C36H42N2O4/c1-23-8-7-11-26(20-23)12-15-31(40)37(3)28-21-24(2)36(41)30-22-27-13-14-29(39)33-32(27)35(36,34(28)42-33)17-19-38(30)18-16-25-9-5-4-6-10-25/h4-11,13-14,20,24,28,30,34,39,41H,12,15-19,21-22H2,1-3H3/t24?,28?,30-,34?,35+,36-/m1/s1. The Labute approximate surface area is 248 Å². The van der Waals surface area contributed by atoms with Crippen LogP contribution in [0, 0.1) is 12.8 Å². The molecule has 2 aliphatic heterocycles. The third-order valence-electron chi connectivity index (χ3n) is 11.1. The second kappa shape index (κ2) is 10.1. The number of piperidine rings is 1. The van der Waals surface area contributed by atoms with Crippen LogP contribution in [-0.2, 0) is 29.5 Å². The molecule has 3 aromatic rings. The molecule has 2 N–H and O–H groups in total. The van der Waals surface area contributed by atoms with E-state index >= 15 is 0 Å². The Morgan fingerprint density at radius 3 is 2.64 bits per heavy atom. The number of carbonyl (C=O) groups excluding carboxylic acids is 1. The van der Waals surface area contributed by atoms with Gasteiger partial charge >= 0.3 is 0 Å². The van der Waals surface area contributed by atoms with Gasteiger partial charge < -0.3 is 19.8 Å². The van der Waals surface area contributed by atoms with Gasteiger partial charge in [0.15, 0.2) is 11.5 Å². The van der Waals surface area contributed by atoms with E-state index in [2.05, 4.69) is 61.2 Å². The summed E-state index contributed by atoms with van der Waals surface area (Å²) in [4.78, 5) is 18.1. The minimum absolute atomic E-state index is 0.0534. The topological polar surface area (TPSA) is 73.2 Å². The molecule has 1 amide bonds. The van der Waals surface area contributed by atoms with E-state index in [1.54, 1.807) is 6.07 Å². The summed E-state index contributed by atoms with van der Waals surface area (Å²) in [5.41, 5.74) is 4.12. The number of hydrogen-bond donors (Lipinski definition) is 2. The third kappa shape index (κ3) is 3.95. The van der Waals surface area contributed by atoms with Crippen molar-refractivity contribution in [3.63, 3.8) is 0 Å². The molecule has 6 heteroatoms. The molecule has 2 aliphatic carbocycles. The molecule has 0 radical (unpaired) electrons. The molecule has 1 saturated heterocycles. The number of likely N-dealkylation sites (tertiary alicyclic amines) is 1. The van der Waals surface area contributed by atoms with E-state index in [-0.39, 0.29) is 29.7 Å². The molecular weight excluding hydrogens is 524 g/mol. The number of rotatable bonds is 7. The Hall–Kier alpha value is -3.35. The highest BCUT2D eigenvalue weighted by molar-refractivity contribution is 5.77. The summed E-state index contributed by atoms with van der Waals surface area (Å²) in [5.74, 6) is 0.684. The monoisotopic (exact) mass is 566 g/mol. The van der Waals surface area contributed by atoms with Crippen molar-refractivity contribution in [2.75, 3.05) is 20.1 Å². The fourth-order valence-corrected chi connectivity index (χ4v) is 9.07. The van der Waals surface area contributed by atoms with E-state index in [4.69, 9.17) is 4.74 Å². The Morgan fingerprint density at radius 1 is 1.07 bits per heavy atom. The first-order valence-electron chi connectivity index (χ1n) is 15.6. The van der Waals surface area contributed by atoms with Gasteiger partial charge in [-0.2, -0.15) is 0 Å². The van der Waals surface area contributed by atoms with Crippen LogP contribution in [0.3, 0.4) is 0 Å². The fraction of sp³-hybridized carbons (Fsp3) is 0.472. The molecular formula is C36H42N2O4. The van der Waals surface area contributed by atoms with Gasteiger partial charge in [-0.3, -0.25) is 9.69 Å². The number of aromatic hydroxyl groups is 1. The first-order valence-corrected chi connectivity index (χ1v) is 15.6. The molecule has 2 bridgehead atoms. The number of aryl methyl sites for hydroxylation is 2. The average molecular weight is 567 g/mol. The van der Waals surface area contributed by atoms with Gasteiger partial charge in [0.1, 0.15) is 6.10 Å². The lowest BCUT2D eigenvalue weighted by Crippen LogP contribution is -2.80. The van der Waals surface area contributed by atoms with E-state index in [1.165, 1.54) is 16.7 Å². The van der Waals surface area contributed by atoms with E-state index in [0.29, 0.717) is 25.0 Å². The zero-order valence-corrected chi connectivity index (χ0v) is 24.9. The normalized spacial score (nSPS) is 30.9. The van der Waals surface area contributed by atoms with Gasteiger partial charge in [-0.25, -0.2) is 0 Å². The van der Waals surface area contributed by atoms with Gasteiger partial charge in [0.05, 0.1) is 17.1 Å². The summed E-state index contributed by atoms with van der Waals surface area (Å²) < 4.78 is 6.73. The molecule has 2 fully saturated rings. The number of hydrogen-bond acceptors (Lipinski definition) is 5. The van der Waals surface area contributed by atoms with Crippen LogP contribution in [0.25, 0.3) is 0 Å². The van der Waals surface area contributed by atoms with E-state index < -0.39 is 17.1 Å². The largest absolute Gasteiger partial charge is 0.504 e. The van der Waals surface area contributed by atoms with Crippen LogP contribution in [0.4, 0.5) is 0 Å². The van der Waals surface area contributed by atoms with Crippen molar-refractivity contribution < 1.29 is 19.7 Å². The number of ether oxygens (including phenoxy) is 1. The molecule has 6 nitrogen and oxygen atoms in total. The van der Waals surface area contributed by atoms with Crippen LogP contribution >= 0.6 is 0 Å². The fourth-order valence-electron chi connectivity index (χ4n) is 9.07. The van der Waals surface area contributed by atoms with Crippen molar-refractivity contribution in [1.82, 2.24) is 9.80 Å². The number of carbonyl (C=O) groups is 1. The van der Waals surface area contributed by atoms with Gasteiger partial charge in [-0.15, -0.1) is 0 Å². The summed E-state index contributed by atoms with van der Waals surface area (Å²) >= 11 is 0. The Balaban J connectivity index is 1.21. The Bertz CT molecular complexity index is 1510. The van der Waals surface area contributed by atoms with Gasteiger partial charge in [0.2, 0.25) is 5.91 Å². The number of aliphatic hydroxyl groups is 1. The van der Waals surface area contributed by atoms with E-state index in [9.17, 15) is 15.0 Å². The highest BCUT2D eigenvalue weighted by Gasteiger charge is 2.75. The van der Waals surface area contributed by atoms with Gasteiger partial charge in [-0.1, -0.05) is 73.2 Å². The molecule has 1 spiro atoms. The van der Waals surface area contributed by atoms with Gasteiger partial charge in [0.25, 0.3) is 0 Å². The third-order valence-corrected chi connectivity index (χ3v) is 11.1. The first-order chi connectivity index (χ1) is 20.2. The van der Waals surface area contributed by atoms with Crippen LogP contribution in [-0.4, -0.2) is 69.8 Å². The summed E-state index contributed by atoms with van der Waals surface area (Å²) in [6.45, 7) is 5.96. The molecule has 0 aromatic heterocycles. The Kier molecular flexibility index (Phi) is 6.63. The maximum atomic E-state index is 13.7. The van der Waals surface area contributed by atoms with E-state index in [1.807, 2.05) is 30.1 Å². The summed E-state index contributed by atoms with van der Waals surface area (Å²) in [6.07, 6.45) is 3.76. The molecule has 7 rings (SSSR count). The number of amides is 1. The molecule has 4 aliphatic rings. The SMILES string of the molecule is Cc1cccc(CCC(=O)N(C)C2CC(C)[C@@]3(O)[C@H]4Cc5ccc(O)c6c5[C@@]3(CCN4CCc3ccccc3)C2O6)c1. The van der Waals surface area contributed by atoms with Gasteiger partial charge in [-0.05, 0) is 74.2 Å². The zero-order chi connectivity index (χ0) is 29.2. The zero-order valence-electron chi connectivity index (χ0n) is 24.9. The van der Waals surface area contributed by atoms with Crippen molar-refractivity contribution in [2.45, 2.75) is 81.6 Å². The lowest BCUT2D eigenvalue weighted by molar-refractivity contribution is -0.224. The van der Waals surface area contributed by atoms with Crippen LogP contribution in [0.15, 0.2) is 66.7 Å². The number of likely N-dealkylation sites (N-methyl/N-ethyl adjacent to an activating group) is 1. The average Bonchev–Trinajstić information content (AvgIpc) is 3.34. The number of phenols is 1. The summed E-state index contributed by atoms with van der Waals surface area (Å²) in [5, 5.41) is 24.0. The minimum atomic E-state index is -1.03. The van der Waals surface area contributed by atoms with Crippen molar-refractivity contribution in [2.24, 2.45) is 5.92 Å². The van der Waals surface area contributed by atoms with Crippen LogP contribution < -0.4 is 4.74 Å². The lowest BCUT2D eigenvalue weighted by Gasteiger charge is -2.67. The van der Waals surface area contributed by atoms with Crippen LogP contribution in [0.5, 0.6) is 11.5 Å². The second-order valence-electron chi connectivity index (χ2n) is 13.2. The van der Waals surface area contributed by atoms with E-state index in [0.717, 1.165) is 43.5 Å². The quantitative estimate of drug-likeness (QED) is 0.430. The molecule has 2 heterocycles. The number of phenolic OH excluding ortho intramolecular Hbond substituents is 1. The maximum Gasteiger partial charge on any atom is 0.223 e. The molecule has 3 unspecified atom stereocenters.